The van der Waals surface area contributed by atoms with Gasteiger partial charge in [0.15, 0.2) is 0 Å². The maximum absolute atomic E-state index is 14.1. The van der Waals surface area contributed by atoms with Crippen LogP contribution in [0.25, 0.3) is 11.1 Å². The van der Waals surface area contributed by atoms with E-state index in [1.54, 1.807) is 12.3 Å². The van der Waals surface area contributed by atoms with Gasteiger partial charge in [-0.25, -0.2) is 4.39 Å². The summed E-state index contributed by atoms with van der Waals surface area (Å²) in [5, 5.41) is 9.13. The number of hydrogen-bond acceptors (Lipinski definition) is 3. The number of aryl methyl sites for hydroxylation is 1. The molecule has 1 atom stereocenters. The molecule has 0 spiro atoms. The summed E-state index contributed by atoms with van der Waals surface area (Å²) in [7, 11) is 0. The van der Waals surface area contributed by atoms with Crippen LogP contribution in [0.15, 0.2) is 42.9 Å². The number of anilines is 1. The van der Waals surface area contributed by atoms with E-state index in [9.17, 15) is 22.4 Å². The van der Waals surface area contributed by atoms with Crippen molar-refractivity contribution in [2.24, 2.45) is 0 Å². The van der Waals surface area contributed by atoms with Crippen molar-refractivity contribution < 1.29 is 22.4 Å². The van der Waals surface area contributed by atoms with Crippen molar-refractivity contribution in [3.05, 3.63) is 65.4 Å². The molecule has 4 rings (SSSR count). The molecule has 2 heterocycles. The lowest BCUT2D eigenvalue weighted by molar-refractivity contribution is -0.140. The summed E-state index contributed by atoms with van der Waals surface area (Å²) in [4.78, 5) is 16.5. The van der Waals surface area contributed by atoms with Crippen molar-refractivity contribution >= 4 is 11.7 Å². The molecule has 2 aromatic heterocycles. The van der Waals surface area contributed by atoms with Crippen LogP contribution in [0.3, 0.4) is 0 Å². The molecule has 0 bridgehead atoms. The van der Waals surface area contributed by atoms with Crippen LogP contribution in [0.4, 0.5) is 23.4 Å². The molecule has 1 aliphatic carbocycles. The zero-order chi connectivity index (χ0) is 20.6. The third kappa shape index (κ3) is 3.85. The van der Waals surface area contributed by atoms with Crippen molar-refractivity contribution in [3.63, 3.8) is 0 Å². The number of alkyl halides is 3. The van der Waals surface area contributed by atoms with Gasteiger partial charge in [0.25, 0.3) is 0 Å². The summed E-state index contributed by atoms with van der Waals surface area (Å²) in [6.07, 6.45) is 1.54. The Morgan fingerprint density at radius 3 is 2.76 bits per heavy atom. The SMILES string of the molecule is O=C(CC1CCc2cncc(-c3ccc(C(F)(F)F)c(F)c3)c21)Nc1ccn[nH]1. The zero-order valence-electron chi connectivity index (χ0n) is 15.1. The van der Waals surface area contributed by atoms with Crippen LogP contribution in [0.5, 0.6) is 0 Å². The number of H-pyrrole nitrogens is 1. The summed E-state index contributed by atoms with van der Waals surface area (Å²) in [6.45, 7) is 0. The number of rotatable bonds is 4. The fourth-order valence-electron chi connectivity index (χ4n) is 3.77. The first-order chi connectivity index (χ1) is 13.8. The monoisotopic (exact) mass is 404 g/mol. The third-order valence-electron chi connectivity index (χ3n) is 5.03. The van der Waals surface area contributed by atoms with E-state index in [1.165, 1.54) is 18.5 Å². The summed E-state index contributed by atoms with van der Waals surface area (Å²) in [5.74, 6) is -1.21. The zero-order valence-corrected chi connectivity index (χ0v) is 15.1. The first-order valence-corrected chi connectivity index (χ1v) is 8.96. The quantitative estimate of drug-likeness (QED) is 0.620. The molecule has 0 saturated carbocycles. The van der Waals surface area contributed by atoms with Gasteiger partial charge >= 0.3 is 6.18 Å². The second kappa shape index (κ2) is 7.31. The first kappa shape index (κ1) is 19.1. The van der Waals surface area contributed by atoms with Crippen LogP contribution in [-0.4, -0.2) is 21.1 Å². The molecule has 9 heteroatoms. The van der Waals surface area contributed by atoms with E-state index in [0.29, 0.717) is 29.8 Å². The molecule has 3 aromatic rings. The van der Waals surface area contributed by atoms with Crippen molar-refractivity contribution in [2.75, 3.05) is 5.32 Å². The number of nitrogens with one attached hydrogen (secondary N) is 2. The van der Waals surface area contributed by atoms with Crippen LogP contribution in [0.2, 0.25) is 0 Å². The highest BCUT2D eigenvalue weighted by molar-refractivity contribution is 5.90. The number of nitrogens with zero attached hydrogens (tertiary/aromatic N) is 2. The molecular weight excluding hydrogens is 388 g/mol. The molecular formula is C20H16F4N4O. The van der Waals surface area contributed by atoms with E-state index in [0.717, 1.165) is 23.3 Å². The maximum atomic E-state index is 14.1. The summed E-state index contributed by atoms with van der Waals surface area (Å²) < 4.78 is 52.7. The normalized spacial score (nSPS) is 15.9. The number of aromatic nitrogens is 3. The van der Waals surface area contributed by atoms with E-state index in [2.05, 4.69) is 20.5 Å². The Balaban J connectivity index is 1.63. The van der Waals surface area contributed by atoms with Crippen molar-refractivity contribution in [1.82, 2.24) is 15.2 Å². The number of benzene rings is 1. The lowest BCUT2D eigenvalue weighted by atomic mass is 9.90. The summed E-state index contributed by atoms with van der Waals surface area (Å²) in [5.41, 5.74) is 1.30. The Morgan fingerprint density at radius 1 is 1.24 bits per heavy atom. The number of carbonyl (C=O) groups is 1. The first-order valence-electron chi connectivity index (χ1n) is 8.96. The van der Waals surface area contributed by atoms with Crippen LogP contribution in [-0.2, 0) is 17.4 Å². The summed E-state index contributed by atoms with van der Waals surface area (Å²) in [6, 6.07) is 4.48. The van der Waals surface area contributed by atoms with Gasteiger partial charge in [0.1, 0.15) is 11.6 Å². The van der Waals surface area contributed by atoms with Gasteiger partial charge in [-0.3, -0.25) is 14.9 Å². The highest BCUT2D eigenvalue weighted by Gasteiger charge is 2.34. The van der Waals surface area contributed by atoms with Gasteiger partial charge in [0, 0.05) is 30.4 Å². The third-order valence-corrected chi connectivity index (χ3v) is 5.03. The van der Waals surface area contributed by atoms with Gasteiger partial charge in [-0.1, -0.05) is 6.07 Å². The van der Waals surface area contributed by atoms with E-state index in [-0.39, 0.29) is 18.2 Å². The van der Waals surface area contributed by atoms with Crippen LogP contribution in [0.1, 0.15) is 35.4 Å². The second-order valence-electron chi connectivity index (χ2n) is 6.91. The number of fused-ring (bicyclic) bond motifs is 1. The Bertz CT molecular complexity index is 1050. The molecule has 0 radical (unpaired) electrons. The number of amides is 1. The molecule has 1 unspecified atom stereocenters. The van der Waals surface area contributed by atoms with E-state index in [1.807, 2.05) is 0 Å². The minimum absolute atomic E-state index is 0.142. The minimum Gasteiger partial charge on any atom is -0.311 e. The topological polar surface area (TPSA) is 70.7 Å². The smallest absolute Gasteiger partial charge is 0.311 e. The van der Waals surface area contributed by atoms with Crippen molar-refractivity contribution in [1.29, 1.82) is 0 Å². The summed E-state index contributed by atoms with van der Waals surface area (Å²) >= 11 is 0. The lowest BCUT2D eigenvalue weighted by Gasteiger charge is -2.16. The van der Waals surface area contributed by atoms with Gasteiger partial charge < -0.3 is 5.32 Å². The van der Waals surface area contributed by atoms with Crippen LogP contribution < -0.4 is 5.32 Å². The van der Waals surface area contributed by atoms with Crippen molar-refractivity contribution in [2.45, 2.75) is 31.4 Å². The number of aromatic amines is 1. The largest absolute Gasteiger partial charge is 0.419 e. The van der Waals surface area contributed by atoms with Gasteiger partial charge in [0.2, 0.25) is 5.91 Å². The number of hydrogen-bond donors (Lipinski definition) is 2. The molecule has 29 heavy (non-hydrogen) atoms. The lowest BCUT2D eigenvalue weighted by Crippen LogP contribution is -2.15. The minimum atomic E-state index is -4.76. The molecule has 2 N–H and O–H groups in total. The fraction of sp³-hybridized carbons (Fsp3) is 0.250. The molecule has 0 fully saturated rings. The maximum Gasteiger partial charge on any atom is 0.419 e. The Labute approximate surface area is 163 Å². The van der Waals surface area contributed by atoms with E-state index in [4.69, 9.17) is 0 Å². The molecule has 150 valence electrons. The van der Waals surface area contributed by atoms with E-state index < -0.39 is 17.6 Å². The van der Waals surface area contributed by atoms with Gasteiger partial charge in [-0.05, 0) is 47.6 Å². The van der Waals surface area contributed by atoms with Gasteiger partial charge in [0.05, 0.1) is 11.8 Å². The Kier molecular flexibility index (Phi) is 4.81. The molecule has 5 nitrogen and oxygen atoms in total. The predicted octanol–water partition coefficient (Wildman–Crippen LogP) is 4.69. The standard InChI is InChI=1S/C20H16F4N4O/c21-16-7-11(3-4-15(16)20(22,23)24)14-10-25-9-13-2-1-12(19(13)14)8-18(29)27-17-5-6-26-28-17/h3-7,9-10,12H,1-2,8H2,(H2,26,27,28,29). The Morgan fingerprint density at radius 2 is 2.07 bits per heavy atom. The average molecular weight is 404 g/mol. The van der Waals surface area contributed by atoms with Gasteiger partial charge in [-0.15, -0.1) is 0 Å². The number of pyridine rings is 1. The van der Waals surface area contributed by atoms with Crippen LogP contribution >= 0.6 is 0 Å². The highest BCUT2D eigenvalue weighted by Crippen LogP contribution is 2.42. The number of halogens is 4. The molecule has 1 aliphatic rings. The van der Waals surface area contributed by atoms with Crippen LogP contribution in [0, 0.1) is 5.82 Å². The van der Waals surface area contributed by atoms with Crippen molar-refractivity contribution in [3.8, 4) is 11.1 Å². The fourth-order valence-corrected chi connectivity index (χ4v) is 3.77. The average Bonchev–Trinajstić information content (AvgIpc) is 3.30. The molecule has 0 saturated heterocycles. The number of carbonyl (C=O) groups excluding carboxylic acids is 1. The van der Waals surface area contributed by atoms with Gasteiger partial charge in [-0.2, -0.15) is 18.3 Å². The predicted molar refractivity (Wildman–Crippen MR) is 97.5 cm³/mol. The molecule has 0 aliphatic heterocycles. The molecule has 1 amide bonds. The highest BCUT2D eigenvalue weighted by atomic mass is 19.4. The van der Waals surface area contributed by atoms with E-state index >= 15 is 0 Å². The molecule has 1 aromatic carbocycles. The Hall–Kier alpha value is -3.23. The second-order valence-corrected chi connectivity index (χ2v) is 6.91.